The number of pyridine rings is 1. The quantitative estimate of drug-likeness (QED) is 0.672. The van der Waals surface area contributed by atoms with Crippen LogP contribution in [0.15, 0.2) is 47.2 Å². The van der Waals surface area contributed by atoms with Gasteiger partial charge in [-0.05, 0) is 52.2 Å². The standard InChI is InChI=1S/C14H14BrN3O/c15-14-12(2-1-9-17-14)18-13(19)8-5-10-3-6-11(16)7-4-10/h1-4,6-7,9H,5,8,16H2,(H,18,19). The Morgan fingerprint density at radius 2 is 2.00 bits per heavy atom. The molecule has 3 N–H and O–H groups in total. The van der Waals surface area contributed by atoms with Gasteiger partial charge in [0.2, 0.25) is 5.91 Å². The van der Waals surface area contributed by atoms with E-state index in [2.05, 4.69) is 26.2 Å². The number of carbonyl (C=O) groups excluding carboxylic acids is 1. The van der Waals surface area contributed by atoms with E-state index in [1.54, 1.807) is 18.3 Å². The van der Waals surface area contributed by atoms with Gasteiger partial charge in [-0.25, -0.2) is 4.98 Å². The summed E-state index contributed by atoms with van der Waals surface area (Å²) < 4.78 is 0.635. The lowest BCUT2D eigenvalue weighted by Gasteiger charge is -2.06. The van der Waals surface area contributed by atoms with Crippen molar-refractivity contribution in [2.45, 2.75) is 12.8 Å². The van der Waals surface area contributed by atoms with Crippen LogP contribution < -0.4 is 11.1 Å². The molecule has 0 aliphatic heterocycles. The fourth-order valence-corrected chi connectivity index (χ4v) is 1.98. The molecule has 5 heteroatoms. The number of carbonyl (C=O) groups is 1. The molecular formula is C14H14BrN3O. The van der Waals surface area contributed by atoms with Gasteiger partial charge < -0.3 is 11.1 Å². The molecule has 0 radical (unpaired) electrons. The van der Waals surface area contributed by atoms with E-state index in [4.69, 9.17) is 5.73 Å². The molecule has 2 aromatic rings. The van der Waals surface area contributed by atoms with Gasteiger partial charge >= 0.3 is 0 Å². The second-order valence-electron chi connectivity index (χ2n) is 4.13. The average Bonchev–Trinajstić information content (AvgIpc) is 2.41. The predicted octanol–water partition coefficient (Wildman–Crippen LogP) is 3.00. The van der Waals surface area contributed by atoms with Crippen LogP contribution in [-0.4, -0.2) is 10.9 Å². The van der Waals surface area contributed by atoms with Crippen molar-refractivity contribution >= 4 is 33.2 Å². The van der Waals surface area contributed by atoms with Crippen LogP contribution in [0.25, 0.3) is 0 Å². The summed E-state index contributed by atoms with van der Waals surface area (Å²) in [6, 6.07) is 11.1. The highest BCUT2D eigenvalue weighted by Crippen LogP contribution is 2.18. The van der Waals surface area contributed by atoms with E-state index >= 15 is 0 Å². The molecule has 19 heavy (non-hydrogen) atoms. The van der Waals surface area contributed by atoms with E-state index in [-0.39, 0.29) is 5.91 Å². The van der Waals surface area contributed by atoms with Crippen molar-refractivity contribution in [1.82, 2.24) is 4.98 Å². The number of halogens is 1. The summed E-state index contributed by atoms with van der Waals surface area (Å²) >= 11 is 3.29. The van der Waals surface area contributed by atoms with Gasteiger partial charge in [-0.1, -0.05) is 12.1 Å². The highest BCUT2D eigenvalue weighted by molar-refractivity contribution is 9.10. The first kappa shape index (κ1) is 13.5. The molecule has 1 aromatic carbocycles. The third kappa shape index (κ3) is 4.06. The predicted molar refractivity (Wildman–Crippen MR) is 79.7 cm³/mol. The van der Waals surface area contributed by atoms with Crippen molar-refractivity contribution in [3.05, 3.63) is 52.8 Å². The van der Waals surface area contributed by atoms with Crippen LogP contribution in [0.5, 0.6) is 0 Å². The first-order valence-corrected chi connectivity index (χ1v) is 6.69. The van der Waals surface area contributed by atoms with Crippen LogP contribution in [0.4, 0.5) is 11.4 Å². The lowest BCUT2D eigenvalue weighted by Crippen LogP contribution is -2.13. The summed E-state index contributed by atoms with van der Waals surface area (Å²) in [6.07, 6.45) is 2.77. The Morgan fingerprint density at radius 3 is 2.68 bits per heavy atom. The molecule has 0 atom stereocenters. The number of nitrogens with two attached hydrogens (primary N) is 1. The monoisotopic (exact) mass is 319 g/mol. The minimum Gasteiger partial charge on any atom is -0.399 e. The van der Waals surface area contributed by atoms with E-state index in [0.29, 0.717) is 23.1 Å². The third-order valence-corrected chi connectivity index (χ3v) is 3.29. The Bertz CT molecular complexity index is 569. The Balaban J connectivity index is 1.88. The van der Waals surface area contributed by atoms with Crippen LogP contribution in [0, 0.1) is 0 Å². The van der Waals surface area contributed by atoms with Gasteiger partial charge in [0.05, 0.1) is 5.69 Å². The van der Waals surface area contributed by atoms with E-state index in [1.165, 1.54) is 0 Å². The number of nitrogens with zero attached hydrogens (tertiary/aromatic N) is 1. The van der Waals surface area contributed by atoms with Crippen molar-refractivity contribution in [2.75, 3.05) is 11.1 Å². The van der Waals surface area contributed by atoms with Crippen LogP contribution in [-0.2, 0) is 11.2 Å². The minimum atomic E-state index is -0.0366. The number of benzene rings is 1. The zero-order valence-electron chi connectivity index (χ0n) is 10.3. The molecule has 0 spiro atoms. The van der Waals surface area contributed by atoms with Crippen LogP contribution in [0.3, 0.4) is 0 Å². The lowest BCUT2D eigenvalue weighted by molar-refractivity contribution is -0.116. The summed E-state index contributed by atoms with van der Waals surface area (Å²) in [6.45, 7) is 0. The second kappa shape index (κ2) is 6.33. The van der Waals surface area contributed by atoms with Crippen molar-refractivity contribution in [2.24, 2.45) is 0 Å². The van der Waals surface area contributed by atoms with E-state index in [1.807, 2.05) is 24.3 Å². The smallest absolute Gasteiger partial charge is 0.224 e. The highest BCUT2D eigenvalue weighted by Gasteiger charge is 2.06. The Kier molecular flexibility index (Phi) is 4.52. The molecule has 0 saturated heterocycles. The van der Waals surface area contributed by atoms with Crippen LogP contribution >= 0.6 is 15.9 Å². The lowest BCUT2D eigenvalue weighted by atomic mass is 10.1. The molecule has 4 nitrogen and oxygen atoms in total. The van der Waals surface area contributed by atoms with Gasteiger partial charge in [-0.3, -0.25) is 4.79 Å². The van der Waals surface area contributed by atoms with E-state index in [0.717, 1.165) is 11.3 Å². The first-order valence-electron chi connectivity index (χ1n) is 5.90. The maximum Gasteiger partial charge on any atom is 0.224 e. The number of aryl methyl sites for hydroxylation is 1. The van der Waals surface area contributed by atoms with Gasteiger partial charge in [0, 0.05) is 18.3 Å². The Hall–Kier alpha value is -1.88. The molecule has 0 aliphatic carbocycles. The molecular weight excluding hydrogens is 306 g/mol. The molecule has 0 aliphatic rings. The van der Waals surface area contributed by atoms with E-state index < -0.39 is 0 Å². The van der Waals surface area contributed by atoms with Crippen molar-refractivity contribution in [3.63, 3.8) is 0 Å². The number of nitrogens with one attached hydrogen (secondary N) is 1. The highest BCUT2D eigenvalue weighted by atomic mass is 79.9. The minimum absolute atomic E-state index is 0.0366. The molecule has 0 fully saturated rings. The summed E-state index contributed by atoms with van der Waals surface area (Å²) in [5, 5.41) is 2.82. The molecule has 1 aromatic heterocycles. The molecule has 1 amide bonds. The Morgan fingerprint density at radius 1 is 1.26 bits per heavy atom. The van der Waals surface area contributed by atoms with Crippen LogP contribution in [0.1, 0.15) is 12.0 Å². The van der Waals surface area contributed by atoms with Gasteiger partial charge in [0.1, 0.15) is 4.60 Å². The topological polar surface area (TPSA) is 68.0 Å². The summed E-state index contributed by atoms with van der Waals surface area (Å²) in [5.74, 6) is -0.0366. The van der Waals surface area contributed by atoms with E-state index in [9.17, 15) is 4.79 Å². The second-order valence-corrected chi connectivity index (χ2v) is 4.88. The third-order valence-electron chi connectivity index (χ3n) is 2.65. The maximum atomic E-state index is 11.8. The molecule has 0 bridgehead atoms. The number of hydrogen-bond acceptors (Lipinski definition) is 3. The fourth-order valence-electron chi connectivity index (χ4n) is 1.63. The molecule has 1 heterocycles. The maximum absolute atomic E-state index is 11.8. The summed E-state index contributed by atoms with van der Waals surface area (Å²) in [5.41, 5.74) is 8.12. The average molecular weight is 320 g/mol. The van der Waals surface area contributed by atoms with Crippen LogP contribution in [0.2, 0.25) is 0 Å². The summed E-state index contributed by atoms with van der Waals surface area (Å²) in [4.78, 5) is 15.9. The zero-order valence-corrected chi connectivity index (χ0v) is 11.9. The molecule has 0 unspecified atom stereocenters. The number of amides is 1. The van der Waals surface area contributed by atoms with Gasteiger partial charge in [0.25, 0.3) is 0 Å². The largest absolute Gasteiger partial charge is 0.399 e. The number of nitrogen functional groups attached to an aromatic ring is 1. The SMILES string of the molecule is Nc1ccc(CCC(=O)Nc2cccnc2Br)cc1. The van der Waals surface area contributed by atoms with Crippen molar-refractivity contribution in [3.8, 4) is 0 Å². The number of hydrogen-bond donors (Lipinski definition) is 2. The zero-order chi connectivity index (χ0) is 13.7. The van der Waals surface area contributed by atoms with Crippen molar-refractivity contribution < 1.29 is 4.79 Å². The number of aromatic nitrogens is 1. The molecule has 0 saturated carbocycles. The van der Waals surface area contributed by atoms with Gasteiger partial charge in [-0.2, -0.15) is 0 Å². The van der Waals surface area contributed by atoms with Gasteiger partial charge in [0.15, 0.2) is 0 Å². The molecule has 98 valence electrons. The van der Waals surface area contributed by atoms with Crippen molar-refractivity contribution in [1.29, 1.82) is 0 Å². The normalized spacial score (nSPS) is 10.2. The fraction of sp³-hybridized carbons (Fsp3) is 0.143. The summed E-state index contributed by atoms with van der Waals surface area (Å²) in [7, 11) is 0. The Labute approximate surface area is 120 Å². The molecule has 2 rings (SSSR count). The first-order chi connectivity index (χ1) is 9.15. The number of rotatable bonds is 4. The van der Waals surface area contributed by atoms with Gasteiger partial charge in [-0.15, -0.1) is 0 Å². The number of anilines is 2.